The number of rotatable bonds is 10. The summed E-state index contributed by atoms with van der Waals surface area (Å²) >= 11 is 0. The summed E-state index contributed by atoms with van der Waals surface area (Å²) in [5.74, 6) is 0.419. The van der Waals surface area contributed by atoms with E-state index in [9.17, 15) is 9.59 Å². The largest absolute Gasteiger partial charge is 0.389 e. The average Bonchev–Trinajstić information content (AvgIpc) is 3.54. The van der Waals surface area contributed by atoms with E-state index in [2.05, 4.69) is 37.4 Å². The van der Waals surface area contributed by atoms with Crippen molar-refractivity contribution in [2.24, 2.45) is 11.8 Å². The highest BCUT2D eigenvalue weighted by atomic mass is 16.6. The summed E-state index contributed by atoms with van der Waals surface area (Å²) in [4.78, 5) is 23.8. The molecule has 3 aliphatic rings. The van der Waals surface area contributed by atoms with Gasteiger partial charge in [-0.05, 0) is 44.6 Å². The van der Waals surface area contributed by atoms with Crippen molar-refractivity contribution in [1.82, 2.24) is 5.32 Å². The zero-order chi connectivity index (χ0) is 25.6. The number of nitrogens with one attached hydrogen (secondary N) is 1. The van der Waals surface area contributed by atoms with Crippen LogP contribution in [0.1, 0.15) is 66.7 Å². The second kappa shape index (κ2) is 12.4. The molecule has 35 heavy (non-hydrogen) atoms. The van der Waals surface area contributed by atoms with E-state index in [0.29, 0.717) is 24.9 Å². The number of hydrogen-bond donors (Lipinski definition) is 2. The molecule has 0 bridgehead atoms. The number of Topliss-reactive ketones (excluding diaryl/α,β-unsaturated/α-hetero) is 1. The van der Waals surface area contributed by atoms with Gasteiger partial charge in [0, 0.05) is 19.3 Å². The molecule has 1 amide bonds. The van der Waals surface area contributed by atoms with Gasteiger partial charge in [0.25, 0.3) is 0 Å². The van der Waals surface area contributed by atoms with Crippen molar-refractivity contribution in [3.63, 3.8) is 0 Å². The van der Waals surface area contributed by atoms with Crippen molar-refractivity contribution in [3.05, 3.63) is 36.0 Å². The van der Waals surface area contributed by atoms with Gasteiger partial charge in [0.1, 0.15) is 6.61 Å². The van der Waals surface area contributed by atoms with Crippen molar-refractivity contribution in [2.75, 3.05) is 13.2 Å². The van der Waals surface area contributed by atoms with Gasteiger partial charge in [-0.3, -0.25) is 9.59 Å². The Bertz CT molecular complexity index is 827. The molecule has 196 valence electrons. The number of epoxide rings is 1. The monoisotopic (exact) mass is 489 g/mol. The van der Waals surface area contributed by atoms with Crippen LogP contribution >= 0.6 is 0 Å². The quantitative estimate of drug-likeness (QED) is 0.276. The topological polar surface area (TPSA) is 97.4 Å². The predicted octanol–water partition coefficient (Wildman–Crippen LogP) is 3.66. The lowest BCUT2D eigenvalue weighted by atomic mass is 9.88. The van der Waals surface area contributed by atoms with Gasteiger partial charge < -0.3 is 24.6 Å². The smallest absolute Gasteiger partial charge is 0.243 e. The molecule has 7 nitrogen and oxygen atoms in total. The van der Waals surface area contributed by atoms with Crippen LogP contribution in [0.2, 0.25) is 0 Å². The summed E-state index contributed by atoms with van der Waals surface area (Å²) in [5.41, 5.74) is 0.967. The molecule has 7 heteroatoms. The van der Waals surface area contributed by atoms with E-state index in [-0.39, 0.29) is 54.2 Å². The fraction of sp³-hybridized carbons (Fsp3) is 0.714. The predicted molar refractivity (Wildman–Crippen MR) is 135 cm³/mol. The number of aliphatic hydroxyl groups excluding tert-OH is 1. The molecule has 7 atom stereocenters. The lowest BCUT2D eigenvalue weighted by Gasteiger charge is -2.39. The van der Waals surface area contributed by atoms with E-state index in [4.69, 9.17) is 19.3 Å². The maximum Gasteiger partial charge on any atom is 0.243 e. The van der Waals surface area contributed by atoms with Crippen LogP contribution in [-0.4, -0.2) is 66.1 Å². The van der Waals surface area contributed by atoms with Crippen molar-refractivity contribution >= 4 is 11.7 Å². The standard InChI is InChI=1S/C28H43NO6/c1-18(2)6-11-27(32)29-25-12-20(4)26(34-21(25)5)10-8-19(3)7-9-23-14-28(17-33-28)15-24(35-23)13-22(31)16-30/h6-9,11,18,20-21,23-26,30H,10,12-17H2,1-5H3,(H,29,32)/b9-7+,11-6-,19-8+/t20-,21+,23+,24+,25+,26-,28+/m0/s1. The zero-order valence-corrected chi connectivity index (χ0v) is 21.9. The number of hydrogen-bond acceptors (Lipinski definition) is 6. The summed E-state index contributed by atoms with van der Waals surface area (Å²) in [6, 6.07) is 0.0154. The van der Waals surface area contributed by atoms with Gasteiger partial charge >= 0.3 is 0 Å². The number of aliphatic hydroxyl groups is 1. The minimum atomic E-state index is -0.446. The summed E-state index contributed by atoms with van der Waals surface area (Å²) in [6.45, 7) is 10.6. The first kappa shape index (κ1) is 27.8. The highest BCUT2D eigenvalue weighted by molar-refractivity contribution is 5.87. The average molecular weight is 490 g/mol. The Morgan fingerprint density at radius 2 is 1.91 bits per heavy atom. The van der Waals surface area contributed by atoms with Crippen LogP contribution in [0, 0.1) is 11.8 Å². The molecule has 3 saturated heterocycles. The van der Waals surface area contributed by atoms with Crippen LogP contribution in [0.4, 0.5) is 0 Å². The van der Waals surface area contributed by atoms with Gasteiger partial charge in [-0.15, -0.1) is 0 Å². The Balaban J connectivity index is 1.49. The number of ether oxygens (including phenoxy) is 3. The lowest BCUT2D eigenvalue weighted by molar-refractivity contribution is -0.128. The Labute approximate surface area is 210 Å². The molecule has 1 spiro atoms. The van der Waals surface area contributed by atoms with Crippen LogP contribution in [0.3, 0.4) is 0 Å². The van der Waals surface area contributed by atoms with Crippen LogP contribution in [-0.2, 0) is 23.8 Å². The maximum atomic E-state index is 12.2. The molecular weight excluding hydrogens is 446 g/mol. The fourth-order valence-corrected chi connectivity index (χ4v) is 4.95. The third kappa shape index (κ3) is 8.67. The van der Waals surface area contributed by atoms with E-state index >= 15 is 0 Å². The summed E-state index contributed by atoms with van der Waals surface area (Å²) in [6.07, 6.45) is 13.0. The number of carbonyl (C=O) groups is 2. The number of carbonyl (C=O) groups excluding carboxylic acids is 2. The van der Waals surface area contributed by atoms with Crippen molar-refractivity contribution in [1.29, 1.82) is 0 Å². The minimum absolute atomic E-state index is 0.0154. The summed E-state index contributed by atoms with van der Waals surface area (Å²) in [5, 5.41) is 12.1. The number of ketones is 1. The SMILES string of the molecule is CC(/C=C/[C@@H]1C[C@]2(CO2)C[C@@H](CC(=O)CO)O1)=C\C[C@@H]1O[C@H](C)[C@H](NC(=O)/C=C\C(C)C)C[C@@H]1C. The highest BCUT2D eigenvalue weighted by Crippen LogP contribution is 2.43. The Morgan fingerprint density at radius 1 is 1.17 bits per heavy atom. The Kier molecular flexibility index (Phi) is 9.87. The zero-order valence-electron chi connectivity index (χ0n) is 21.9. The third-order valence-electron chi connectivity index (χ3n) is 7.15. The van der Waals surface area contributed by atoms with Gasteiger partial charge in [0.05, 0.1) is 42.7 Å². The first-order valence-electron chi connectivity index (χ1n) is 13.0. The molecule has 3 aliphatic heterocycles. The molecule has 3 rings (SSSR count). The van der Waals surface area contributed by atoms with E-state index in [1.54, 1.807) is 6.08 Å². The number of allylic oxidation sites excluding steroid dienone is 3. The van der Waals surface area contributed by atoms with Gasteiger partial charge in [0.15, 0.2) is 5.78 Å². The Hall–Kier alpha value is -1.80. The molecule has 2 N–H and O–H groups in total. The fourth-order valence-electron chi connectivity index (χ4n) is 4.95. The number of amides is 1. The van der Waals surface area contributed by atoms with E-state index in [1.807, 2.05) is 26.8 Å². The van der Waals surface area contributed by atoms with Crippen LogP contribution in [0.15, 0.2) is 36.0 Å². The van der Waals surface area contributed by atoms with Gasteiger partial charge in [-0.1, -0.05) is 50.6 Å². The first-order chi connectivity index (χ1) is 16.6. The molecule has 3 heterocycles. The van der Waals surface area contributed by atoms with Crippen LogP contribution < -0.4 is 5.32 Å². The summed E-state index contributed by atoms with van der Waals surface area (Å²) < 4.78 is 18.0. The summed E-state index contributed by atoms with van der Waals surface area (Å²) in [7, 11) is 0. The normalized spacial score (nSPS) is 35.8. The maximum absolute atomic E-state index is 12.2. The first-order valence-corrected chi connectivity index (χ1v) is 13.0. The van der Waals surface area contributed by atoms with Gasteiger partial charge in [0.2, 0.25) is 5.91 Å². The molecule has 0 aromatic carbocycles. The molecular formula is C28H43NO6. The Morgan fingerprint density at radius 3 is 2.57 bits per heavy atom. The van der Waals surface area contributed by atoms with Crippen molar-refractivity contribution in [2.45, 2.75) is 103 Å². The molecule has 0 radical (unpaired) electrons. The lowest BCUT2D eigenvalue weighted by Crippen LogP contribution is -2.50. The van der Waals surface area contributed by atoms with Gasteiger partial charge in [-0.25, -0.2) is 0 Å². The van der Waals surface area contributed by atoms with E-state index in [1.165, 1.54) is 0 Å². The van der Waals surface area contributed by atoms with E-state index in [0.717, 1.165) is 24.8 Å². The van der Waals surface area contributed by atoms with Crippen LogP contribution in [0.25, 0.3) is 0 Å². The molecule has 0 aliphatic carbocycles. The minimum Gasteiger partial charge on any atom is -0.389 e. The third-order valence-corrected chi connectivity index (χ3v) is 7.15. The molecule has 3 fully saturated rings. The van der Waals surface area contributed by atoms with Crippen LogP contribution in [0.5, 0.6) is 0 Å². The molecule has 0 aromatic rings. The second-order valence-electron chi connectivity index (χ2n) is 10.9. The van der Waals surface area contributed by atoms with Crippen molar-refractivity contribution in [3.8, 4) is 0 Å². The van der Waals surface area contributed by atoms with E-state index < -0.39 is 6.61 Å². The van der Waals surface area contributed by atoms with Crippen molar-refractivity contribution < 1.29 is 28.9 Å². The van der Waals surface area contributed by atoms with Gasteiger partial charge in [-0.2, -0.15) is 0 Å². The highest BCUT2D eigenvalue weighted by Gasteiger charge is 2.51. The molecule has 0 unspecified atom stereocenters. The molecule has 0 aromatic heterocycles. The molecule has 0 saturated carbocycles. The second-order valence-corrected chi connectivity index (χ2v) is 10.9.